The molecule has 0 unspecified atom stereocenters. The standard InChI is InChI=1S/C18H38N2O/c1-4-18(5-2)20-16-14-12-10-8-6-7-9-11-13-15-19-17(3)21/h18,20H,4-16H2,1-3H3,(H,19,21). The third-order valence-corrected chi connectivity index (χ3v) is 4.15. The molecule has 1 amide bonds. The molecular formula is C18H38N2O. The van der Waals surface area contributed by atoms with E-state index in [0.29, 0.717) is 0 Å². The van der Waals surface area contributed by atoms with E-state index in [1.807, 2.05) is 0 Å². The van der Waals surface area contributed by atoms with Crippen molar-refractivity contribution >= 4 is 5.91 Å². The lowest BCUT2D eigenvalue weighted by molar-refractivity contribution is -0.118. The van der Waals surface area contributed by atoms with E-state index in [9.17, 15) is 4.79 Å². The fourth-order valence-corrected chi connectivity index (χ4v) is 2.64. The lowest BCUT2D eigenvalue weighted by Gasteiger charge is -2.14. The van der Waals surface area contributed by atoms with Crippen LogP contribution in [0.15, 0.2) is 0 Å². The summed E-state index contributed by atoms with van der Waals surface area (Å²) in [6, 6.07) is 0.725. The fourth-order valence-electron chi connectivity index (χ4n) is 2.64. The summed E-state index contributed by atoms with van der Waals surface area (Å²) in [4.78, 5) is 10.7. The maximum atomic E-state index is 10.7. The van der Waals surface area contributed by atoms with Crippen LogP contribution in [0.25, 0.3) is 0 Å². The van der Waals surface area contributed by atoms with Crippen molar-refractivity contribution in [2.75, 3.05) is 13.1 Å². The Kier molecular flexibility index (Phi) is 15.4. The largest absolute Gasteiger partial charge is 0.356 e. The lowest BCUT2D eigenvalue weighted by atomic mass is 10.1. The maximum Gasteiger partial charge on any atom is 0.216 e. The minimum absolute atomic E-state index is 0.0914. The van der Waals surface area contributed by atoms with E-state index in [4.69, 9.17) is 0 Å². The van der Waals surface area contributed by atoms with Crippen molar-refractivity contribution in [2.45, 2.75) is 97.4 Å². The van der Waals surface area contributed by atoms with Gasteiger partial charge in [0.1, 0.15) is 0 Å². The highest BCUT2D eigenvalue weighted by atomic mass is 16.1. The van der Waals surface area contributed by atoms with Gasteiger partial charge < -0.3 is 10.6 Å². The number of carbonyl (C=O) groups is 1. The van der Waals surface area contributed by atoms with Crippen LogP contribution < -0.4 is 10.6 Å². The highest BCUT2D eigenvalue weighted by Crippen LogP contribution is 2.09. The lowest BCUT2D eigenvalue weighted by Crippen LogP contribution is -2.28. The Labute approximate surface area is 132 Å². The molecule has 0 fully saturated rings. The second-order valence-electron chi connectivity index (χ2n) is 6.13. The first-order chi connectivity index (χ1) is 10.2. The first-order valence-electron chi connectivity index (χ1n) is 9.18. The van der Waals surface area contributed by atoms with Crippen molar-refractivity contribution in [1.29, 1.82) is 0 Å². The van der Waals surface area contributed by atoms with Gasteiger partial charge in [0.25, 0.3) is 0 Å². The Balaban J connectivity index is 3.07. The van der Waals surface area contributed by atoms with Gasteiger partial charge in [-0.2, -0.15) is 0 Å². The van der Waals surface area contributed by atoms with Crippen LogP contribution in [0.2, 0.25) is 0 Å². The number of amides is 1. The summed E-state index contributed by atoms with van der Waals surface area (Å²) in [5, 5.41) is 6.48. The molecule has 0 aliphatic heterocycles. The summed E-state index contributed by atoms with van der Waals surface area (Å²) in [6.45, 7) is 8.14. The maximum absolute atomic E-state index is 10.7. The average molecular weight is 299 g/mol. The Morgan fingerprint density at radius 3 is 1.62 bits per heavy atom. The summed E-state index contributed by atoms with van der Waals surface area (Å²) in [6.07, 6.45) is 14.4. The zero-order valence-corrected chi connectivity index (χ0v) is 14.7. The van der Waals surface area contributed by atoms with Crippen LogP contribution >= 0.6 is 0 Å². The van der Waals surface area contributed by atoms with Gasteiger partial charge in [0.2, 0.25) is 5.91 Å². The molecule has 0 heterocycles. The molecule has 0 aromatic carbocycles. The smallest absolute Gasteiger partial charge is 0.216 e. The summed E-state index contributed by atoms with van der Waals surface area (Å²) >= 11 is 0. The Bertz CT molecular complexity index is 227. The normalized spacial score (nSPS) is 11.0. The van der Waals surface area contributed by atoms with Crippen LogP contribution in [-0.2, 0) is 4.79 Å². The van der Waals surface area contributed by atoms with Crippen LogP contribution in [0.4, 0.5) is 0 Å². The SMILES string of the molecule is CCC(CC)NCCCCCCCCCCCNC(C)=O. The molecule has 2 N–H and O–H groups in total. The first kappa shape index (κ1) is 20.4. The average Bonchev–Trinajstić information content (AvgIpc) is 2.47. The minimum Gasteiger partial charge on any atom is -0.356 e. The van der Waals surface area contributed by atoms with E-state index in [1.54, 1.807) is 6.92 Å². The molecule has 0 aromatic heterocycles. The van der Waals surface area contributed by atoms with E-state index in [2.05, 4.69) is 24.5 Å². The number of hydrogen-bond donors (Lipinski definition) is 2. The van der Waals surface area contributed by atoms with Gasteiger partial charge in [-0.25, -0.2) is 0 Å². The number of rotatable bonds is 15. The number of hydrogen-bond acceptors (Lipinski definition) is 2. The van der Waals surface area contributed by atoms with Gasteiger partial charge in [-0.15, -0.1) is 0 Å². The third kappa shape index (κ3) is 15.6. The number of unbranched alkanes of at least 4 members (excludes halogenated alkanes) is 8. The van der Waals surface area contributed by atoms with Crippen molar-refractivity contribution < 1.29 is 4.79 Å². The van der Waals surface area contributed by atoms with E-state index in [1.165, 1.54) is 70.8 Å². The summed E-state index contributed by atoms with van der Waals surface area (Å²) in [7, 11) is 0. The molecular weight excluding hydrogens is 260 g/mol. The predicted octanol–water partition coefficient (Wildman–Crippen LogP) is 4.41. The van der Waals surface area contributed by atoms with Gasteiger partial charge >= 0.3 is 0 Å². The molecule has 0 saturated heterocycles. The van der Waals surface area contributed by atoms with E-state index in [-0.39, 0.29) is 5.91 Å². The zero-order valence-electron chi connectivity index (χ0n) is 14.7. The third-order valence-electron chi connectivity index (χ3n) is 4.15. The van der Waals surface area contributed by atoms with Crippen molar-refractivity contribution in [3.8, 4) is 0 Å². The molecule has 3 nitrogen and oxygen atoms in total. The van der Waals surface area contributed by atoms with Gasteiger partial charge in [-0.3, -0.25) is 4.79 Å². The molecule has 0 radical (unpaired) electrons. The van der Waals surface area contributed by atoms with Crippen molar-refractivity contribution in [1.82, 2.24) is 10.6 Å². The quantitative estimate of drug-likeness (QED) is 0.440. The molecule has 3 heteroatoms. The Hall–Kier alpha value is -0.570. The molecule has 0 bridgehead atoms. The molecule has 0 spiro atoms. The van der Waals surface area contributed by atoms with Crippen molar-refractivity contribution in [2.24, 2.45) is 0 Å². The molecule has 0 aliphatic carbocycles. The molecule has 0 aliphatic rings. The first-order valence-corrected chi connectivity index (χ1v) is 9.18. The van der Waals surface area contributed by atoms with Crippen LogP contribution in [0.1, 0.15) is 91.4 Å². The van der Waals surface area contributed by atoms with Gasteiger partial charge in [-0.05, 0) is 32.2 Å². The van der Waals surface area contributed by atoms with Crippen LogP contribution in [0.3, 0.4) is 0 Å². The van der Waals surface area contributed by atoms with Gasteiger partial charge in [0, 0.05) is 19.5 Å². The van der Waals surface area contributed by atoms with E-state index < -0.39 is 0 Å². The minimum atomic E-state index is 0.0914. The van der Waals surface area contributed by atoms with Crippen LogP contribution in [0, 0.1) is 0 Å². The highest BCUT2D eigenvalue weighted by Gasteiger charge is 2.00. The monoisotopic (exact) mass is 298 g/mol. The summed E-state index contributed by atoms with van der Waals surface area (Å²) in [5.41, 5.74) is 0. The van der Waals surface area contributed by atoms with Gasteiger partial charge in [0.05, 0.1) is 0 Å². The molecule has 21 heavy (non-hydrogen) atoms. The second-order valence-corrected chi connectivity index (χ2v) is 6.13. The van der Waals surface area contributed by atoms with Gasteiger partial charge in [0.15, 0.2) is 0 Å². The highest BCUT2D eigenvalue weighted by molar-refractivity contribution is 5.72. The topological polar surface area (TPSA) is 41.1 Å². The second kappa shape index (κ2) is 15.8. The molecule has 0 aromatic rings. The molecule has 0 atom stereocenters. The molecule has 0 saturated carbocycles. The van der Waals surface area contributed by atoms with Crippen molar-refractivity contribution in [3.63, 3.8) is 0 Å². The predicted molar refractivity (Wildman–Crippen MR) is 92.6 cm³/mol. The number of nitrogens with one attached hydrogen (secondary N) is 2. The number of carbonyl (C=O) groups excluding carboxylic acids is 1. The Morgan fingerprint density at radius 1 is 0.762 bits per heavy atom. The van der Waals surface area contributed by atoms with Crippen LogP contribution in [-0.4, -0.2) is 25.0 Å². The fraction of sp³-hybridized carbons (Fsp3) is 0.944. The van der Waals surface area contributed by atoms with Gasteiger partial charge in [-0.1, -0.05) is 58.8 Å². The van der Waals surface area contributed by atoms with E-state index in [0.717, 1.165) is 19.0 Å². The summed E-state index contributed by atoms with van der Waals surface area (Å²) in [5.74, 6) is 0.0914. The zero-order chi connectivity index (χ0) is 15.8. The molecule has 0 rings (SSSR count). The van der Waals surface area contributed by atoms with Crippen molar-refractivity contribution in [3.05, 3.63) is 0 Å². The molecule has 126 valence electrons. The van der Waals surface area contributed by atoms with Crippen LogP contribution in [0.5, 0.6) is 0 Å². The van der Waals surface area contributed by atoms with E-state index >= 15 is 0 Å². The summed E-state index contributed by atoms with van der Waals surface area (Å²) < 4.78 is 0. The Morgan fingerprint density at radius 2 is 1.19 bits per heavy atom.